The molecule has 0 radical (unpaired) electrons. The molecule has 2 aromatic heterocycles. The third kappa shape index (κ3) is 2.73. The number of aromatic nitrogens is 1. The molecule has 4 nitrogen and oxygen atoms in total. The van der Waals surface area contributed by atoms with Gasteiger partial charge in [-0.05, 0) is 23.6 Å². The van der Waals surface area contributed by atoms with Gasteiger partial charge >= 0.3 is 0 Å². The minimum atomic E-state index is -0.0969. The highest BCUT2D eigenvalue weighted by Gasteiger charge is 2.12. The van der Waals surface area contributed by atoms with Crippen molar-refractivity contribution in [1.82, 2.24) is 9.88 Å². The van der Waals surface area contributed by atoms with Crippen LogP contribution in [0.1, 0.15) is 20.9 Å². The lowest BCUT2D eigenvalue weighted by Gasteiger charge is -2.15. The topological polar surface area (TPSA) is 57.0 Å². The van der Waals surface area contributed by atoms with Gasteiger partial charge in [-0.2, -0.15) is 5.26 Å². The average Bonchev–Trinajstić information content (AvgIpc) is 2.91. The zero-order valence-corrected chi connectivity index (χ0v) is 10.6. The van der Waals surface area contributed by atoms with Gasteiger partial charge in [0.15, 0.2) is 0 Å². The van der Waals surface area contributed by atoms with Crippen LogP contribution in [0.25, 0.3) is 0 Å². The first kappa shape index (κ1) is 12.3. The second-order valence-electron chi connectivity index (χ2n) is 3.78. The van der Waals surface area contributed by atoms with E-state index in [4.69, 9.17) is 5.26 Å². The van der Waals surface area contributed by atoms with Crippen molar-refractivity contribution in [2.75, 3.05) is 7.05 Å². The molecule has 18 heavy (non-hydrogen) atoms. The summed E-state index contributed by atoms with van der Waals surface area (Å²) in [6.45, 7) is 0.580. The van der Waals surface area contributed by atoms with Gasteiger partial charge in [-0.15, -0.1) is 11.3 Å². The molecule has 0 bridgehead atoms. The van der Waals surface area contributed by atoms with Crippen molar-refractivity contribution in [3.63, 3.8) is 0 Å². The molecule has 0 spiro atoms. The Morgan fingerprint density at radius 1 is 1.50 bits per heavy atom. The third-order valence-corrected chi connectivity index (χ3v) is 3.31. The molecule has 2 aromatic rings. The van der Waals surface area contributed by atoms with Crippen molar-refractivity contribution in [3.05, 3.63) is 52.0 Å². The minimum absolute atomic E-state index is 0.0969. The molecule has 0 fully saturated rings. The number of hydrogen-bond donors (Lipinski definition) is 0. The first-order valence-electron chi connectivity index (χ1n) is 5.34. The Bertz CT molecular complexity index is 569. The van der Waals surface area contributed by atoms with Crippen LogP contribution in [0, 0.1) is 11.3 Å². The van der Waals surface area contributed by atoms with Crippen molar-refractivity contribution in [3.8, 4) is 6.07 Å². The first-order valence-corrected chi connectivity index (χ1v) is 6.22. The van der Waals surface area contributed by atoms with E-state index in [-0.39, 0.29) is 5.91 Å². The highest BCUT2D eigenvalue weighted by atomic mass is 32.1. The lowest BCUT2D eigenvalue weighted by Crippen LogP contribution is -2.25. The van der Waals surface area contributed by atoms with E-state index in [1.807, 2.05) is 23.6 Å². The Labute approximate surface area is 109 Å². The normalized spacial score (nSPS) is 9.78. The maximum atomic E-state index is 12.1. The zero-order chi connectivity index (χ0) is 13.0. The van der Waals surface area contributed by atoms with Gasteiger partial charge in [0.2, 0.25) is 0 Å². The molecule has 90 valence electrons. The van der Waals surface area contributed by atoms with Crippen LogP contribution in [0.4, 0.5) is 0 Å². The lowest BCUT2D eigenvalue weighted by atomic mass is 10.2. The van der Waals surface area contributed by atoms with Gasteiger partial charge in [0.05, 0.1) is 12.1 Å². The van der Waals surface area contributed by atoms with Gasteiger partial charge in [0.1, 0.15) is 11.8 Å². The van der Waals surface area contributed by atoms with Gasteiger partial charge in [-0.3, -0.25) is 4.79 Å². The lowest BCUT2D eigenvalue weighted by molar-refractivity contribution is 0.0786. The van der Waals surface area contributed by atoms with Crippen molar-refractivity contribution in [2.45, 2.75) is 6.54 Å². The van der Waals surface area contributed by atoms with Crippen LogP contribution in [0.5, 0.6) is 0 Å². The molecule has 0 aromatic carbocycles. The molecule has 0 saturated heterocycles. The molecule has 0 unspecified atom stereocenters. The van der Waals surface area contributed by atoms with E-state index < -0.39 is 0 Å². The summed E-state index contributed by atoms with van der Waals surface area (Å²) in [5, 5.41) is 10.6. The summed E-state index contributed by atoms with van der Waals surface area (Å²) in [6.07, 6.45) is 1.44. The predicted octanol–water partition coefficient (Wildman–Crippen LogP) is 2.29. The molecule has 2 rings (SSSR count). The van der Waals surface area contributed by atoms with Crippen molar-refractivity contribution >= 4 is 17.2 Å². The number of carbonyl (C=O) groups excluding carboxylic acids is 1. The van der Waals surface area contributed by atoms with Gasteiger partial charge in [0, 0.05) is 18.1 Å². The Morgan fingerprint density at radius 2 is 2.33 bits per heavy atom. The highest BCUT2D eigenvalue weighted by molar-refractivity contribution is 7.09. The molecule has 0 atom stereocenters. The van der Waals surface area contributed by atoms with E-state index in [1.165, 1.54) is 6.20 Å². The van der Waals surface area contributed by atoms with E-state index in [0.717, 1.165) is 4.88 Å². The fourth-order valence-corrected chi connectivity index (χ4v) is 2.27. The molecule has 0 N–H and O–H groups in total. The first-order chi connectivity index (χ1) is 8.70. The summed E-state index contributed by atoms with van der Waals surface area (Å²) in [4.78, 5) is 18.7. The second kappa shape index (κ2) is 5.43. The van der Waals surface area contributed by atoms with Gasteiger partial charge in [0.25, 0.3) is 5.91 Å². The number of hydrogen-bond acceptors (Lipinski definition) is 4. The zero-order valence-electron chi connectivity index (χ0n) is 9.83. The number of thiophene rings is 1. The van der Waals surface area contributed by atoms with Crippen molar-refractivity contribution in [1.29, 1.82) is 5.26 Å². The Hall–Kier alpha value is -2.19. The number of nitriles is 1. The van der Waals surface area contributed by atoms with Gasteiger partial charge < -0.3 is 4.90 Å². The molecule has 2 heterocycles. The van der Waals surface area contributed by atoms with E-state index >= 15 is 0 Å². The number of carbonyl (C=O) groups is 1. The molecule has 1 amide bonds. The second-order valence-corrected chi connectivity index (χ2v) is 4.82. The molecular formula is C13H11N3OS. The monoisotopic (exact) mass is 257 g/mol. The standard InChI is InChI=1S/C13H11N3OS/c1-16(9-12-3-2-6-18-12)13(17)10-4-5-11(7-14)15-8-10/h2-6,8H,9H2,1H3. The van der Waals surface area contributed by atoms with Gasteiger partial charge in [-0.1, -0.05) is 6.07 Å². The predicted molar refractivity (Wildman–Crippen MR) is 69.1 cm³/mol. The highest BCUT2D eigenvalue weighted by Crippen LogP contribution is 2.12. The average molecular weight is 257 g/mol. The van der Waals surface area contributed by atoms with Crippen molar-refractivity contribution < 1.29 is 4.79 Å². The van der Waals surface area contributed by atoms with Crippen LogP contribution >= 0.6 is 11.3 Å². The molecule has 5 heteroatoms. The third-order valence-electron chi connectivity index (χ3n) is 2.44. The Morgan fingerprint density at radius 3 is 2.89 bits per heavy atom. The fraction of sp³-hybridized carbons (Fsp3) is 0.154. The molecule has 0 aliphatic rings. The number of amides is 1. The SMILES string of the molecule is CN(Cc1cccs1)C(=O)c1ccc(C#N)nc1. The summed E-state index contributed by atoms with van der Waals surface area (Å²) in [6, 6.07) is 9.05. The smallest absolute Gasteiger partial charge is 0.255 e. The minimum Gasteiger partial charge on any atom is -0.337 e. The van der Waals surface area contributed by atoms with Crippen LogP contribution in [0.15, 0.2) is 35.8 Å². The molecular weight excluding hydrogens is 246 g/mol. The Balaban J connectivity index is 2.08. The van der Waals surface area contributed by atoms with E-state index in [9.17, 15) is 4.79 Å². The van der Waals surface area contributed by atoms with Crippen LogP contribution in [-0.2, 0) is 6.54 Å². The van der Waals surface area contributed by atoms with E-state index in [1.54, 1.807) is 35.4 Å². The maximum absolute atomic E-state index is 12.1. The summed E-state index contributed by atoms with van der Waals surface area (Å²) in [5.41, 5.74) is 0.806. The van der Waals surface area contributed by atoms with Crippen LogP contribution < -0.4 is 0 Å². The molecule has 0 aliphatic heterocycles. The largest absolute Gasteiger partial charge is 0.337 e. The van der Waals surface area contributed by atoms with E-state index in [0.29, 0.717) is 17.8 Å². The molecule has 0 aliphatic carbocycles. The summed E-state index contributed by atoms with van der Waals surface area (Å²) < 4.78 is 0. The quantitative estimate of drug-likeness (QED) is 0.847. The summed E-state index contributed by atoms with van der Waals surface area (Å²) in [7, 11) is 1.75. The van der Waals surface area contributed by atoms with Crippen LogP contribution in [0.2, 0.25) is 0 Å². The fourth-order valence-electron chi connectivity index (χ4n) is 1.51. The summed E-state index contributed by atoms with van der Waals surface area (Å²) >= 11 is 1.62. The van der Waals surface area contributed by atoms with Crippen LogP contribution in [0.3, 0.4) is 0 Å². The number of rotatable bonds is 3. The van der Waals surface area contributed by atoms with Crippen LogP contribution in [-0.4, -0.2) is 22.8 Å². The van der Waals surface area contributed by atoms with E-state index in [2.05, 4.69) is 4.98 Å². The van der Waals surface area contributed by atoms with Crippen molar-refractivity contribution in [2.24, 2.45) is 0 Å². The maximum Gasteiger partial charge on any atom is 0.255 e. The summed E-state index contributed by atoms with van der Waals surface area (Å²) in [5.74, 6) is -0.0969. The molecule has 0 saturated carbocycles. The number of nitrogens with zero attached hydrogens (tertiary/aromatic N) is 3. The van der Waals surface area contributed by atoms with Gasteiger partial charge in [-0.25, -0.2) is 4.98 Å². The number of pyridine rings is 1. The Kier molecular flexibility index (Phi) is 3.70.